The van der Waals surface area contributed by atoms with Crippen molar-refractivity contribution in [2.24, 2.45) is 16.6 Å². The first-order chi connectivity index (χ1) is 31.6. The zero-order valence-corrected chi connectivity index (χ0v) is 38.3. The zero-order chi connectivity index (χ0) is 46.2. The first-order valence-corrected chi connectivity index (χ1v) is 24.6. The molecule has 0 spiro atoms. The number of aryl methyl sites for hydroxylation is 2. The highest BCUT2D eigenvalue weighted by atomic mass is 32.2. The molecular formula is C49H54FN9O6S. The van der Waals surface area contributed by atoms with Gasteiger partial charge in [-0.2, -0.15) is 0 Å². The van der Waals surface area contributed by atoms with Crippen molar-refractivity contribution in [1.82, 2.24) is 28.7 Å². The Labute approximate surface area is 381 Å². The van der Waals surface area contributed by atoms with Gasteiger partial charge < -0.3 is 19.9 Å². The van der Waals surface area contributed by atoms with Crippen molar-refractivity contribution in [3.05, 3.63) is 145 Å². The fraction of sp³-hybridized carbons (Fsp3) is 0.408. The maximum Gasteiger partial charge on any atom is 0.438 e. The number of ether oxygens (including phenoxy) is 1. The molecule has 6 aromatic rings. The van der Waals surface area contributed by atoms with Crippen LogP contribution in [0.5, 0.6) is 0 Å². The van der Waals surface area contributed by atoms with E-state index in [9.17, 15) is 13.8 Å². The number of amides is 1. The van der Waals surface area contributed by atoms with Gasteiger partial charge in [0.2, 0.25) is 0 Å². The minimum Gasteiger partial charge on any atom is -0.402 e. The normalized spacial score (nSPS) is 25.2. The van der Waals surface area contributed by atoms with Crippen LogP contribution in [0.25, 0.3) is 16.6 Å². The van der Waals surface area contributed by atoms with Crippen LogP contribution in [0.15, 0.2) is 103 Å². The van der Waals surface area contributed by atoms with Crippen molar-refractivity contribution in [2.45, 2.75) is 89.6 Å². The molecule has 0 bridgehead atoms. The van der Waals surface area contributed by atoms with Gasteiger partial charge in [-0.25, -0.2) is 23.2 Å². The Morgan fingerprint density at radius 2 is 1.62 bits per heavy atom. The lowest BCUT2D eigenvalue weighted by Gasteiger charge is -2.37. The highest BCUT2D eigenvalue weighted by Crippen LogP contribution is 2.56. The van der Waals surface area contributed by atoms with Gasteiger partial charge in [0.05, 0.1) is 17.4 Å². The van der Waals surface area contributed by atoms with Crippen molar-refractivity contribution < 1.29 is 22.7 Å². The Balaban J connectivity index is 1.05. The molecule has 3 atom stereocenters. The van der Waals surface area contributed by atoms with Crippen LogP contribution < -0.4 is 17.2 Å². The Morgan fingerprint density at radius 1 is 0.955 bits per heavy atom. The van der Waals surface area contributed by atoms with Crippen LogP contribution in [0.1, 0.15) is 103 Å². The number of halogens is 1. The number of nitrogens with two attached hydrogens (primary N) is 1. The first-order valence-electron chi connectivity index (χ1n) is 22.7. The Bertz CT molecular complexity index is 3170. The van der Waals surface area contributed by atoms with Crippen LogP contribution in [-0.2, 0) is 20.0 Å². The number of aromatic amines is 1. The van der Waals surface area contributed by atoms with E-state index in [4.69, 9.17) is 24.8 Å². The van der Waals surface area contributed by atoms with E-state index in [2.05, 4.69) is 35.3 Å². The van der Waals surface area contributed by atoms with Crippen LogP contribution in [0.4, 0.5) is 10.1 Å². The van der Waals surface area contributed by atoms with Gasteiger partial charge in [-0.15, -0.1) is 0 Å². The minimum atomic E-state index is -2.52. The van der Waals surface area contributed by atoms with Crippen molar-refractivity contribution in [3.63, 3.8) is 0 Å². The Hall–Kier alpha value is -6.33. The summed E-state index contributed by atoms with van der Waals surface area (Å²) in [5.41, 5.74) is 11.9. The predicted molar refractivity (Wildman–Crippen MR) is 250 cm³/mol. The van der Waals surface area contributed by atoms with E-state index in [0.717, 1.165) is 29.3 Å². The lowest BCUT2D eigenvalue weighted by Crippen LogP contribution is -2.49. The van der Waals surface area contributed by atoms with Crippen LogP contribution in [0.2, 0.25) is 0 Å². The maximum atomic E-state index is 15.5. The number of nitrogens with one attached hydrogen (secondary N) is 2. The molecule has 1 aliphatic carbocycles. The van der Waals surface area contributed by atoms with Crippen LogP contribution >= 0.6 is 0 Å². The summed E-state index contributed by atoms with van der Waals surface area (Å²) in [6.45, 7) is 8.92. The molecular weight excluding hydrogens is 862 g/mol. The summed E-state index contributed by atoms with van der Waals surface area (Å²) in [4.78, 5) is 52.1. The third-order valence-electron chi connectivity index (χ3n) is 14.5. The second-order valence-electron chi connectivity index (χ2n) is 18.6. The third kappa shape index (κ3) is 7.55. The lowest BCUT2D eigenvalue weighted by molar-refractivity contribution is 0.0697. The summed E-state index contributed by atoms with van der Waals surface area (Å²) in [6, 6.07) is 18.5. The molecule has 66 heavy (non-hydrogen) atoms. The number of nitrogens with zero attached hydrogens (tertiary/aromatic N) is 6. The number of imidazole rings is 1. The molecule has 1 amide bonds. The average Bonchev–Trinajstić information content (AvgIpc) is 3.61. The molecule has 10 rings (SSSR count). The number of H-pyrrole nitrogens is 1. The summed E-state index contributed by atoms with van der Waals surface area (Å²) < 4.78 is 51.0. The van der Waals surface area contributed by atoms with Crippen LogP contribution in [0, 0.1) is 30.4 Å². The molecule has 3 aliphatic heterocycles. The number of aromatic nitrogens is 5. The van der Waals surface area contributed by atoms with E-state index in [1.54, 1.807) is 43.3 Å². The van der Waals surface area contributed by atoms with Crippen LogP contribution in [-0.4, -0.2) is 82.0 Å². The molecule has 6 heterocycles. The second-order valence-corrected chi connectivity index (χ2v) is 21.1. The van der Waals surface area contributed by atoms with Gasteiger partial charge in [-0.3, -0.25) is 28.2 Å². The standard InChI is InChI=1S/C49H54FN9O6S/c1-28-23-37(24-29(2)43(28)50)53-44(58-18-17-57(48(58)62)38-8-5-32(6-9-38)34-14-21-66(52,63)22-15-34)42-31(4)56(16-11-39(42)51)45(60)41-26-36-25-35(33-12-19-64-20-13-33)7-10-40(36)59(41)49(27-30(49)3)46-54-47(61)65-55-46/h5-10,17-18,23-26,30-31,33-34,52H,11-16,19-22,27,51H2,1-4H3,(H,54,55,61)/t30-,31-,34?,49-,66?/m0/s1. The van der Waals surface area contributed by atoms with Crippen molar-refractivity contribution in [3.8, 4) is 5.69 Å². The van der Waals surface area contributed by atoms with Gasteiger partial charge in [0.15, 0.2) is 5.82 Å². The molecule has 4 N–H and O–H groups in total. The molecule has 0 radical (unpaired) electrons. The number of carbonyl (C=O) groups excluding carboxylic acids is 1. The van der Waals surface area contributed by atoms with E-state index in [0.29, 0.717) is 95.2 Å². The fourth-order valence-electron chi connectivity index (χ4n) is 10.7. The topological polar surface area (TPSA) is 200 Å². The molecule has 17 heteroatoms. The van der Waals surface area contributed by atoms with Crippen molar-refractivity contribution >= 4 is 38.1 Å². The highest BCUT2D eigenvalue weighted by Gasteiger charge is 2.59. The van der Waals surface area contributed by atoms with Crippen molar-refractivity contribution in [2.75, 3.05) is 31.3 Å². The van der Waals surface area contributed by atoms with Crippen molar-refractivity contribution in [1.29, 1.82) is 4.78 Å². The van der Waals surface area contributed by atoms with E-state index >= 15 is 9.18 Å². The second kappa shape index (κ2) is 16.5. The lowest BCUT2D eigenvalue weighted by atomic mass is 9.91. The van der Waals surface area contributed by atoms with Gasteiger partial charge >= 0.3 is 11.4 Å². The molecule has 4 aliphatic rings. The van der Waals surface area contributed by atoms with E-state index in [1.165, 1.54) is 14.7 Å². The molecule has 0 unspecified atom stereocenters. The predicted octanol–water partition coefficient (Wildman–Crippen LogP) is 7.35. The molecule has 3 aromatic heterocycles. The Morgan fingerprint density at radius 3 is 2.27 bits per heavy atom. The Kier molecular flexibility index (Phi) is 10.9. The van der Waals surface area contributed by atoms with Crippen LogP contribution in [0.3, 0.4) is 0 Å². The van der Waals surface area contributed by atoms with E-state index in [1.807, 2.05) is 41.8 Å². The van der Waals surface area contributed by atoms with Gasteiger partial charge in [-0.05, 0) is 135 Å². The maximum absolute atomic E-state index is 15.5. The SMILES string of the molecule is Cc1cc(N=C(C2=C(N)CCN(C(=O)c3cc4cc(C5CCOCC5)ccc4n3[C@@]3(c4noc(=O)[nH]4)C[C@@H]3C)[C@H]2C)n2ccn(-c3ccc(C4CCS(=N)(=O)CC4)cc3)c2=O)cc(C)c1F. The minimum absolute atomic E-state index is 0.00454. The summed E-state index contributed by atoms with van der Waals surface area (Å²) in [5, 5.41) is 5.05. The highest BCUT2D eigenvalue weighted by molar-refractivity contribution is 7.92. The van der Waals surface area contributed by atoms with Gasteiger partial charge in [-0.1, -0.05) is 30.3 Å². The molecule has 3 fully saturated rings. The first kappa shape index (κ1) is 43.6. The third-order valence-corrected chi connectivity index (χ3v) is 16.3. The summed E-state index contributed by atoms with van der Waals surface area (Å²) in [5.74, 6) is 0.531. The number of hydrogen-bond donors (Lipinski definition) is 3. The van der Waals surface area contributed by atoms with Gasteiger partial charge in [0.25, 0.3) is 5.91 Å². The van der Waals surface area contributed by atoms with E-state index < -0.39 is 32.8 Å². The van der Waals surface area contributed by atoms with Gasteiger partial charge in [0.1, 0.15) is 22.9 Å². The number of aliphatic imine (C=N–C) groups is 1. The monoisotopic (exact) mass is 915 g/mol. The zero-order valence-electron chi connectivity index (χ0n) is 37.5. The summed E-state index contributed by atoms with van der Waals surface area (Å²) in [6.07, 6.45) is 7.34. The molecule has 3 aromatic carbocycles. The number of fused-ring (bicyclic) bond motifs is 1. The number of carbonyl (C=O) groups is 1. The molecule has 1 saturated carbocycles. The smallest absolute Gasteiger partial charge is 0.402 e. The molecule has 2 saturated heterocycles. The molecule has 15 nitrogen and oxygen atoms in total. The quantitative estimate of drug-likeness (QED) is 0.104. The number of rotatable bonds is 8. The summed E-state index contributed by atoms with van der Waals surface area (Å²) >= 11 is 0. The molecule has 344 valence electrons. The van der Waals surface area contributed by atoms with Gasteiger partial charge in [0, 0.05) is 82.0 Å². The van der Waals surface area contributed by atoms with E-state index in [-0.39, 0.29) is 42.4 Å². The largest absolute Gasteiger partial charge is 0.438 e. The fourth-order valence-corrected chi connectivity index (χ4v) is 12.2. The average molecular weight is 916 g/mol. The summed E-state index contributed by atoms with van der Waals surface area (Å²) in [7, 11) is -2.52. The number of benzene rings is 3. The number of hydrogen-bond acceptors (Lipinski definition) is 10.